The van der Waals surface area contributed by atoms with Crippen LogP contribution < -0.4 is 5.32 Å². The first-order chi connectivity index (χ1) is 6.84. The summed E-state index contributed by atoms with van der Waals surface area (Å²) in [4.78, 5) is 2.56. The van der Waals surface area contributed by atoms with Crippen molar-refractivity contribution < 1.29 is 4.39 Å². The first kappa shape index (κ1) is 11.9. The van der Waals surface area contributed by atoms with Gasteiger partial charge in [0.15, 0.2) is 0 Å². The quantitative estimate of drug-likeness (QED) is 0.661. The van der Waals surface area contributed by atoms with Crippen LogP contribution in [0.5, 0.6) is 0 Å². The summed E-state index contributed by atoms with van der Waals surface area (Å²) in [7, 11) is 0. The average molecular weight is 202 g/mol. The first-order valence-electron chi connectivity index (χ1n) is 5.85. The second kappa shape index (κ2) is 7.18. The molecule has 0 aliphatic carbocycles. The Bertz CT molecular complexity index is 141. The summed E-state index contributed by atoms with van der Waals surface area (Å²) in [6.07, 6.45) is 5.22. The fraction of sp³-hybridized carbons (Fsp3) is 1.00. The standard InChI is InChI=1S/C11H23FN2/c1-11-5-2-3-9-14(11)10-4-7-13-8-6-12/h11,13H,2-10H2,1H3. The van der Waals surface area contributed by atoms with Gasteiger partial charge in [-0.2, -0.15) is 0 Å². The van der Waals surface area contributed by atoms with Crippen LogP contribution in [0, 0.1) is 0 Å². The zero-order chi connectivity index (χ0) is 10.2. The molecule has 0 amide bonds. The Labute approximate surface area is 86.9 Å². The predicted molar refractivity (Wildman–Crippen MR) is 58.3 cm³/mol. The van der Waals surface area contributed by atoms with Gasteiger partial charge in [0, 0.05) is 12.6 Å². The molecule has 14 heavy (non-hydrogen) atoms. The molecule has 0 aromatic rings. The lowest BCUT2D eigenvalue weighted by molar-refractivity contribution is 0.159. The van der Waals surface area contributed by atoms with E-state index >= 15 is 0 Å². The fourth-order valence-electron chi connectivity index (χ4n) is 2.09. The van der Waals surface area contributed by atoms with Crippen LogP contribution in [0.25, 0.3) is 0 Å². The molecule has 1 atom stereocenters. The predicted octanol–water partition coefficient (Wildman–Crippen LogP) is 1.81. The molecule has 1 aliphatic heterocycles. The molecular formula is C11H23FN2. The van der Waals surface area contributed by atoms with Gasteiger partial charge in [-0.05, 0) is 45.8 Å². The van der Waals surface area contributed by atoms with Gasteiger partial charge in [-0.1, -0.05) is 6.42 Å². The second-order valence-corrected chi connectivity index (χ2v) is 4.17. The molecule has 0 spiro atoms. The molecule has 1 unspecified atom stereocenters. The van der Waals surface area contributed by atoms with Crippen molar-refractivity contribution in [1.82, 2.24) is 10.2 Å². The summed E-state index contributed by atoms with van der Waals surface area (Å²) in [6.45, 7) is 5.95. The number of rotatable bonds is 6. The van der Waals surface area contributed by atoms with Crippen molar-refractivity contribution >= 4 is 0 Å². The molecule has 0 bridgehead atoms. The molecule has 0 radical (unpaired) electrons. The van der Waals surface area contributed by atoms with Gasteiger partial charge in [0.1, 0.15) is 6.67 Å². The molecular weight excluding hydrogens is 179 g/mol. The van der Waals surface area contributed by atoms with Gasteiger partial charge in [-0.3, -0.25) is 0 Å². The lowest BCUT2D eigenvalue weighted by Crippen LogP contribution is -2.39. The Hall–Kier alpha value is -0.150. The van der Waals surface area contributed by atoms with Gasteiger partial charge >= 0.3 is 0 Å². The summed E-state index contributed by atoms with van der Waals surface area (Å²) < 4.78 is 11.8. The zero-order valence-electron chi connectivity index (χ0n) is 9.27. The van der Waals surface area contributed by atoms with Crippen LogP contribution >= 0.6 is 0 Å². The van der Waals surface area contributed by atoms with E-state index in [4.69, 9.17) is 0 Å². The molecule has 84 valence electrons. The van der Waals surface area contributed by atoms with Crippen molar-refractivity contribution in [1.29, 1.82) is 0 Å². The molecule has 0 aromatic heterocycles. The molecule has 0 saturated carbocycles. The molecule has 1 aliphatic rings. The van der Waals surface area contributed by atoms with Crippen molar-refractivity contribution in [3.8, 4) is 0 Å². The van der Waals surface area contributed by atoms with Crippen LogP contribution in [-0.2, 0) is 0 Å². The van der Waals surface area contributed by atoms with Crippen LogP contribution in [0.3, 0.4) is 0 Å². The second-order valence-electron chi connectivity index (χ2n) is 4.17. The van der Waals surface area contributed by atoms with E-state index in [1.807, 2.05) is 0 Å². The highest BCUT2D eigenvalue weighted by Crippen LogP contribution is 2.15. The van der Waals surface area contributed by atoms with Gasteiger partial charge in [0.05, 0.1) is 0 Å². The number of nitrogens with one attached hydrogen (secondary N) is 1. The highest BCUT2D eigenvalue weighted by molar-refractivity contribution is 4.72. The van der Waals surface area contributed by atoms with Gasteiger partial charge in [-0.25, -0.2) is 4.39 Å². The number of halogens is 1. The third kappa shape index (κ3) is 4.38. The zero-order valence-corrected chi connectivity index (χ0v) is 9.27. The Morgan fingerprint density at radius 1 is 1.36 bits per heavy atom. The van der Waals surface area contributed by atoms with Gasteiger partial charge < -0.3 is 10.2 Å². The SMILES string of the molecule is CC1CCCCN1CCCNCCF. The molecule has 1 fully saturated rings. The lowest BCUT2D eigenvalue weighted by atomic mass is 10.0. The van der Waals surface area contributed by atoms with Crippen molar-refractivity contribution in [3.63, 3.8) is 0 Å². The van der Waals surface area contributed by atoms with E-state index in [0.29, 0.717) is 6.54 Å². The topological polar surface area (TPSA) is 15.3 Å². The van der Waals surface area contributed by atoms with Gasteiger partial charge in [0.2, 0.25) is 0 Å². The van der Waals surface area contributed by atoms with Crippen LogP contribution in [0.1, 0.15) is 32.6 Å². The Kier molecular flexibility index (Phi) is 6.12. The Morgan fingerprint density at radius 2 is 2.21 bits per heavy atom. The van der Waals surface area contributed by atoms with E-state index in [1.165, 1.54) is 32.4 Å². The van der Waals surface area contributed by atoms with Crippen LogP contribution in [0.4, 0.5) is 4.39 Å². The number of piperidine rings is 1. The van der Waals surface area contributed by atoms with Crippen LogP contribution in [0.2, 0.25) is 0 Å². The number of hydrogen-bond donors (Lipinski definition) is 1. The smallest absolute Gasteiger partial charge is 0.102 e. The minimum Gasteiger partial charge on any atom is -0.314 e. The molecule has 1 saturated heterocycles. The molecule has 2 nitrogen and oxygen atoms in total. The first-order valence-corrected chi connectivity index (χ1v) is 5.85. The van der Waals surface area contributed by atoms with Crippen molar-refractivity contribution in [2.45, 2.75) is 38.6 Å². The lowest BCUT2D eigenvalue weighted by Gasteiger charge is -2.33. The fourth-order valence-corrected chi connectivity index (χ4v) is 2.09. The Balaban J connectivity index is 1.99. The molecule has 3 heteroatoms. The van der Waals surface area contributed by atoms with Gasteiger partial charge in [0.25, 0.3) is 0 Å². The summed E-state index contributed by atoms with van der Waals surface area (Å²) in [6, 6.07) is 0.755. The third-order valence-electron chi connectivity index (χ3n) is 3.01. The summed E-state index contributed by atoms with van der Waals surface area (Å²) in [5.41, 5.74) is 0. The molecule has 0 aromatic carbocycles. The largest absolute Gasteiger partial charge is 0.314 e. The number of alkyl halides is 1. The molecule has 1 rings (SSSR count). The number of hydrogen-bond acceptors (Lipinski definition) is 2. The summed E-state index contributed by atoms with van der Waals surface area (Å²) in [5.74, 6) is 0. The number of likely N-dealkylation sites (tertiary alicyclic amines) is 1. The Morgan fingerprint density at radius 3 is 2.93 bits per heavy atom. The van der Waals surface area contributed by atoms with Crippen LogP contribution in [-0.4, -0.2) is 43.8 Å². The highest BCUT2D eigenvalue weighted by atomic mass is 19.1. The average Bonchev–Trinajstić information content (AvgIpc) is 2.20. The maximum absolute atomic E-state index is 11.8. The van der Waals surface area contributed by atoms with E-state index in [2.05, 4.69) is 17.1 Å². The normalized spacial score (nSPS) is 24.0. The van der Waals surface area contributed by atoms with E-state index in [0.717, 1.165) is 19.0 Å². The van der Waals surface area contributed by atoms with Crippen molar-refractivity contribution in [2.75, 3.05) is 32.9 Å². The van der Waals surface area contributed by atoms with E-state index < -0.39 is 0 Å². The minimum absolute atomic E-state index is 0.250. The van der Waals surface area contributed by atoms with Gasteiger partial charge in [-0.15, -0.1) is 0 Å². The van der Waals surface area contributed by atoms with Crippen molar-refractivity contribution in [3.05, 3.63) is 0 Å². The van der Waals surface area contributed by atoms with E-state index in [1.54, 1.807) is 0 Å². The summed E-state index contributed by atoms with van der Waals surface area (Å²) >= 11 is 0. The van der Waals surface area contributed by atoms with E-state index in [-0.39, 0.29) is 6.67 Å². The molecule has 1 N–H and O–H groups in total. The highest BCUT2D eigenvalue weighted by Gasteiger charge is 2.16. The molecule has 1 heterocycles. The summed E-state index contributed by atoms with van der Waals surface area (Å²) in [5, 5.41) is 3.09. The van der Waals surface area contributed by atoms with Crippen molar-refractivity contribution in [2.24, 2.45) is 0 Å². The number of nitrogens with zero attached hydrogens (tertiary/aromatic N) is 1. The van der Waals surface area contributed by atoms with E-state index in [9.17, 15) is 4.39 Å². The third-order valence-corrected chi connectivity index (χ3v) is 3.01. The maximum atomic E-state index is 11.8. The van der Waals surface area contributed by atoms with Crippen LogP contribution in [0.15, 0.2) is 0 Å². The monoisotopic (exact) mass is 202 g/mol. The maximum Gasteiger partial charge on any atom is 0.102 e. The minimum atomic E-state index is -0.250.